The molecular formula is C18H23FN2O3. The maximum Gasteiger partial charge on any atom is 0.317 e. The standard InChI is InChI=1S/C18H23FN2O3/c19-15-7-5-13(6-8-15)17(22)14-3-1-9-21(11-14)18(23)20-16-4-2-10-24-12-16/h5-8,14,16H,1-4,9-12H2,(H,20,23)/t14-,16-/m1/s1. The lowest BCUT2D eigenvalue weighted by Gasteiger charge is -2.34. The number of nitrogens with one attached hydrogen (secondary N) is 1. The lowest BCUT2D eigenvalue weighted by molar-refractivity contribution is 0.0679. The van der Waals surface area contributed by atoms with Crippen LogP contribution in [0, 0.1) is 11.7 Å². The van der Waals surface area contributed by atoms with Gasteiger partial charge in [0.1, 0.15) is 5.82 Å². The first kappa shape index (κ1) is 16.9. The van der Waals surface area contributed by atoms with Crippen LogP contribution in [-0.4, -0.2) is 49.1 Å². The molecule has 2 aliphatic rings. The van der Waals surface area contributed by atoms with Crippen LogP contribution in [0.5, 0.6) is 0 Å². The molecule has 1 aromatic carbocycles. The quantitative estimate of drug-likeness (QED) is 0.865. The Morgan fingerprint density at radius 1 is 1.17 bits per heavy atom. The molecule has 2 atom stereocenters. The predicted molar refractivity (Wildman–Crippen MR) is 87.4 cm³/mol. The third kappa shape index (κ3) is 4.12. The summed E-state index contributed by atoms with van der Waals surface area (Å²) in [5, 5.41) is 3.00. The second-order valence-electron chi connectivity index (χ2n) is 6.52. The van der Waals surface area contributed by atoms with Crippen molar-refractivity contribution in [1.29, 1.82) is 0 Å². The molecule has 2 saturated heterocycles. The van der Waals surface area contributed by atoms with Gasteiger partial charge in [0, 0.05) is 31.2 Å². The van der Waals surface area contributed by atoms with Gasteiger partial charge in [0.05, 0.1) is 12.6 Å². The Balaban J connectivity index is 1.58. The van der Waals surface area contributed by atoms with Gasteiger partial charge >= 0.3 is 6.03 Å². The van der Waals surface area contributed by atoms with E-state index in [0.717, 1.165) is 32.3 Å². The highest BCUT2D eigenvalue weighted by Gasteiger charge is 2.30. The fourth-order valence-corrected chi connectivity index (χ4v) is 3.35. The molecule has 0 saturated carbocycles. The average molecular weight is 334 g/mol. The lowest BCUT2D eigenvalue weighted by Crippen LogP contribution is -2.51. The second kappa shape index (κ2) is 7.75. The molecule has 130 valence electrons. The van der Waals surface area contributed by atoms with Crippen LogP contribution in [0.1, 0.15) is 36.0 Å². The van der Waals surface area contributed by atoms with E-state index in [0.29, 0.717) is 25.3 Å². The van der Waals surface area contributed by atoms with Gasteiger partial charge < -0.3 is 15.0 Å². The summed E-state index contributed by atoms with van der Waals surface area (Å²) < 4.78 is 18.4. The van der Waals surface area contributed by atoms with Crippen molar-refractivity contribution in [3.63, 3.8) is 0 Å². The van der Waals surface area contributed by atoms with Gasteiger partial charge in [-0.05, 0) is 49.9 Å². The van der Waals surface area contributed by atoms with E-state index in [2.05, 4.69) is 5.32 Å². The van der Waals surface area contributed by atoms with E-state index in [-0.39, 0.29) is 29.6 Å². The Labute approximate surface area is 141 Å². The van der Waals surface area contributed by atoms with E-state index >= 15 is 0 Å². The van der Waals surface area contributed by atoms with Crippen LogP contribution in [0.2, 0.25) is 0 Å². The van der Waals surface area contributed by atoms with E-state index in [1.54, 1.807) is 4.90 Å². The summed E-state index contributed by atoms with van der Waals surface area (Å²) in [7, 11) is 0. The summed E-state index contributed by atoms with van der Waals surface area (Å²) in [6.45, 7) is 2.38. The molecule has 2 fully saturated rings. The van der Waals surface area contributed by atoms with E-state index < -0.39 is 0 Å². The topological polar surface area (TPSA) is 58.6 Å². The zero-order valence-corrected chi connectivity index (χ0v) is 13.7. The first-order valence-corrected chi connectivity index (χ1v) is 8.56. The number of carbonyl (C=O) groups is 2. The van der Waals surface area contributed by atoms with Crippen LogP contribution < -0.4 is 5.32 Å². The van der Waals surface area contributed by atoms with Crippen molar-refractivity contribution in [2.24, 2.45) is 5.92 Å². The van der Waals surface area contributed by atoms with E-state index in [1.807, 2.05) is 0 Å². The predicted octanol–water partition coefficient (Wildman–Crippen LogP) is 2.61. The number of carbonyl (C=O) groups excluding carboxylic acids is 2. The number of nitrogens with zero attached hydrogens (tertiary/aromatic N) is 1. The van der Waals surface area contributed by atoms with Gasteiger partial charge in [-0.3, -0.25) is 4.79 Å². The molecule has 0 unspecified atom stereocenters. The first-order chi connectivity index (χ1) is 11.6. The molecule has 1 N–H and O–H groups in total. The van der Waals surface area contributed by atoms with Gasteiger partial charge in [0.25, 0.3) is 0 Å². The highest BCUT2D eigenvalue weighted by atomic mass is 19.1. The average Bonchev–Trinajstić information content (AvgIpc) is 2.63. The zero-order chi connectivity index (χ0) is 16.9. The minimum Gasteiger partial charge on any atom is -0.379 e. The maximum absolute atomic E-state index is 13.0. The Morgan fingerprint density at radius 2 is 1.96 bits per heavy atom. The van der Waals surface area contributed by atoms with Gasteiger partial charge in [-0.1, -0.05) is 0 Å². The number of rotatable bonds is 3. The van der Waals surface area contributed by atoms with Crippen LogP contribution in [0.15, 0.2) is 24.3 Å². The lowest BCUT2D eigenvalue weighted by atomic mass is 9.90. The van der Waals surface area contributed by atoms with Crippen LogP contribution in [-0.2, 0) is 4.74 Å². The van der Waals surface area contributed by atoms with Crippen LogP contribution in [0.4, 0.5) is 9.18 Å². The second-order valence-corrected chi connectivity index (χ2v) is 6.52. The summed E-state index contributed by atoms with van der Waals surface area (Å²) in [4.78, 5) is 26.7. The number of Topliss-reactive ketones (excluding diaryl/α,β-unsaturated/α-hetero) is 1. The Kier molecular flexibility index (Phi) is 5.45. The molecule has 5 nitrogen and oxygen atoms in total. The Hall–Kier alpha value is -1.95. The molecule has 2 heterocycles. The Morgan fingerprint density at radius 3 is 2.67 bits per heavy atom. The summed E-state index contributed by atoms with van der Waals surface area (Å²) in [6.07, 6.45) is 3.44. The maximum atomic E-state index is 13.0. The number of piperidine rings is 1. The van der Waals surface area contributed by atoms with Crippen LogP contribution in [0.25, 0.3) is 0 Å². The molecule has 24 heavy (non-hydrogen) atoms. The molecule has 2 aliphatic heterocycles. The first-order valence-electron chi connectivity index (χ1n) is 8.56. The van der Waals surface area contributed by atoms with E-state index in [4.69, 9.17) is 4.74 Å². The molecule has 2 amide bonds. The number of benzene rings is 1. The molecule has 3 rings (SSSR count). The molecule has 6 heteroatoms. The largest absolute Gasteiger partial charge is 0.379 e. The smallest absolute Gasteiger partial charge is 0.317 e. The number of ketones is 1. The monoisotopic (exact) mass is 334 g/mol. The zero-order valence-electron chi connectivity index (χ0n) is 13.7. The number of hydrogen-bond acceptors (Lipinski definition) is 3. The molecule has 0 aromatic heterocycles. The summed E-state index contributed by atoms with van der Waals surface area (Å²) in [5.74, 6) is -0.600. The Bertz CT molecular complexity index is 584. The van der Waals surface area contributed by atoms with Gasteiger partial charge in [-0.25, -0.2) is 9.18 Å². The summed E-state index contributed by atoms with van der Waals surface area (Å²) in [6, 6.07) is 5.54. The van der Waals surface area contributed by atoms with Crippen molar-refractivity contribution >= 4 is 11.8 Å². The van der Waals surface area contributed by atoms with Gasteiger partial charge in [-0.2, -0.15) is 0 Å². The van der Waals surface area contributed by atoms with Gasteiger partial charge in [0.15, 0.2) is 5.78 Å². The third-order valence-corrected chi connectivity index (χ3v) is 4.70. The normalized spacial score (nSPS) is 24.5. The van der Waals surface area contributed by atoms with Crippen molar-refractivity contribution in [3.8, 4) is 0 Å². The fraction of sp³-hybridized carbons (Fsp3) is 0.556. The number of urea groups is 1. The molecule has 1 aromatic rings. The SMILES string of the molecule is O=C(c1ccc(F)cc1)[C@@H]1CCCN(C(=O)N[C@@H]2CCCOC2)C1. The fourth-order valence-electron chi connectivity index (χ4n) is 3.35. The van der Waals surface area contributed by atoms with E-state index in [1.165, 1.54) is 24.3 Å². The van der Waals surface area contributed by atoms with Crippen molar-refractivity contribution < 1.29 is 18.7 Å². The highest BCUT2D eigenvalue weighted by molar-refractivity contribution is 5.98. The van der Waals surface area contributed by atoms with Gasteiger partial charge in [0.2, 0.25) is 0 Å². The number of amides is 2. The number of halogens is 1. The van der Waals surface area contributed by atoms with Crippen molar-refractivity contribution in [2.45, 2.75) is 31.7 Å². The molecule has 0 bridgehead atoms. The van der Waals surface area contributed by atoms with Crippen molar-refractivity contribution in [2.75, 3.05) is 26.3 Å². The summed E-state index contributed by atoms with van der Waals surface area (Å²) >= 11 is 0. The van der Waals surface area contributed by atoms with E-state index in [9.17, 15) is 14.0 Å². The van der Waals surface area contributed by atoms with Crippen LogP contribution >= 0.6 is 0 Å². The van der Waals surface area contributed by atoms with Crippen molar-refractivity contribution in [1.82, 2.24) is 10.2 Å². The molecule has 0 radical (unpaired) electrons. The minimum absolute atomic E-state index is 0.0199. The molecule has 0 spiro atoms. The molecule has 0 aliphatic carbocycles. The summed E-state index contributed by atoms with van der Waals surface area (Å²) in [5.41, 5.74) is 0.504. The van der Waals surface area contributed by atoms with Crippen molar-refractivity contribution in [3.05, 3.63) is 35.6 Å². The number of likely N-dealkylation sites (tertiary alicyclic amines) is 1. The number of hydrogen-bond donors (Lipinski definition) is 1. The highest BCUT2D eigenvalue weighted by Crippen LogP contribution is 2.21. The van der Waals surface area contributed by atoms with Gasteiger partial charge in [-0.15, -0.1) is 0 Å². The minimum atomic E-state index is -0.356. The molecular weight excluding hydrogens is 311 g/mol. The number of ether oxygens (including phenoxy) is 1. The van der Waals surface area contributed by atoms with Crippen LogP contribution in [0.3, 0.4) is 0 Å². The third-order valence-electron chi connectivity index (χ3n) is 4.70.